The fourth-order valence-corrected chi connectivity index (χ4v) is 11.4. The zero-order chi connectivity index (χ0) is 39.4. The van der Waals surface area contributed by atoms with E-state index in [1.54, 1.807) is 13.8 Å². The van der Waals surface area contributed by atoms with Crippen LogP contribution in [0.25, 0.3) is 0 Å². The maximum atomic E-state index is 12.5. The van der Waals surface area contributed by atoms with Crippen molar-refractivity contribution in [2.75, 3.05) is 12.4 Å². The Morgan fingerprint density at radius 1 is 0.679 bits per heavy atom. The number of carbonyl (C=O) groups excluding carboxylic acids is 3. The van der Waals surface area contributed by atoms with E-state index < -0.39 is 32.7 Å². The summed E-state index contributed by atoms with van der Waals surface area (Å²) in [6, 6.07) is 0. The van der Waals surface area contributed by atoms with Crippen molar-refractivity contribution in [3.05, 3.63) is 0 Å². The minimum atomic E-state index is -3.47. The molecule has 0 spiro atoms. The molecule has 9 fully saturated rings. The fraction of sp³-hybridized carbons (Fsp3) is 0.929. The predicted octanol–water partition coefficient (Wildman–Crippen LogP) is 7.78. The molecule has 8 saturated carbocycles. The lowest BCUT2D eigenvalue weighted by atomic mass is 9.50. The third-order valence-electron chi connectivity index (χ3n) is 14.9. The number of hydrogen-bond acceptors (Lipinski definition) is 10. The Morgan fingerprint density at radius 2 is 1.11 bits per heavy atom. The van der Waals surface area contributed by atoms with Crippen LogP contribution in [-0.4, -0.2) is 67.2 Å². The second kappa shape index (κ2) is 15.3. The van der Waals surface area contributed by atoms with Gasteiger partial charge in [0.2, 0.25) is 0 Å². The molecule has 8 bridgehead atoms. The summed E-state index contributed by atoms with van der Waals surface area (Å²) in [5.41, 5.74) is -2.25. The average molecular weight is 767 g/mol. The second-order valence-corrected chi connectivity index (χ2v) is 21.8. The van der Waals surface area contributed by atoms with Crippen molar-refractivity contribution in [2.24, 2.45) is 57.7 Å². The van der Waals surface area contributed by atoms with E-state index >= 15 is 0 Å². The van der Waals surface area contributed by atoms with Gasteiger partial charge in [0, 0.05) is 0 Å². The van der Waals surface area contributed by atoms with Crippen LogP contribution in [0.15, 0.2) is 0 Å². The van der Waals surface area contributed by atoms with Crippen molar-refractivity contribution in [3.63, 3.8) is 0 Å². The first kappa shape index (κ1) is 42.4. The molecule has 0 aromatic heterocycles. The van der Waals surface area contributed by atoms with Gasteiger partial charge in [-0.15, -0.1) is 0 Å². The third-order valence-corrected chi connectivity index (χ3v) is 16.2. The Morgan fingerprint density at radius 3 is 1.53 bits per heavy atom. The topological polar surface area (TPSA) is 142 Å². The summed E-state index contributed by atoms with van der Waals surface area (Å²) < 4.78 is 43.3. The van der Waals surface area contributed by atoms with Gasteiger partial charge in [-0.2, -0.15) is 8.42 Å². The molecule has 1 saturated heterocycles. The van der Waals surface area contributed by atoms with Gasteiger partial charge in [-0.1, -0.05) is 20.8 Å². The molecule has 0 amide bonds. The maximum absolute atomic E-state index is 12.5. The summed E-state index contributed by atoms with van der Waals surface area (Å²) in [5.74, 6) is 4.09. The quantitative estimate of drug-likeness (QED) is 0.140. The minimum absolute atomic E-state index is 0.0185. The first-order chi connectivity index (χ1) is 24.5. The predicted molar refractivity (Wildman–Crippen MR) is 202 cm³/mol. The lowest BCUT2D eigenvalue weighted by Gasteiger charge is -2.59. The normalized spacial score (nSPS) is 39.0. The van der Waals surface area contributed by atoms with Crippen LogP contribution < -0.4 is 0 Å². The highest BCUT2D eigenvalue weighted by Crippen LogP contribution is 2.60. The molecule has 1 N–H and O–H groups in total. The van der Waals surface area contributed by atoms with E-state index in [0.29, 0.717) is 36.0 Å². The molecule has 0 aromatic rings. The van der Waals surface area contributed by atoms with Crippen molar-refractivity contribution in [1.82, 2.24) is 0 Å². The molecule has 53 heavy (non-hydrogen) atoms. The summed E-state index contributed by atoms with van der Waals surface area (Å²) in [6.07, 6.45) is 13.2. The Hall–Kier alpha value is -1.72. The smallest absolute Gasteiger partial charge is 0.312 e. The molecule has 0 radical (unpaired) electrons. The molecule has 4 unspecified atom stereocenters. The fourth-order valence-electron chi connectivity index (χ4n) is 10.4. The van der Waals surface area contributed by atoms with Crippen LogP contribution in [0.4, 0.5) is 0 Å². The molecule has 8 aliphatic carbocycles. The van der Waals surface area contributed by atoms with Crippen LogP contribution in [0.2, 0.25) is 0 Å². The summed E-state index contributed by atoms with van der Waals surface area (Å²) in [5, 5.41) is 10.9. The van der Waals surface area contributed by atoms with E-state index in [-0.39, 0.29) is 47.4 Å². The second-order valence-electron chi connectivity index (χ2n) is 20.2. The molecule has 9 aliphatic rings. The van der Waals surface area contributed by atoms with Crippen molar-refractivity contribution in [1.29, 1.82) is 0 Å². The van der Waals surface area contributed by atoms with Gasteiger partial charge in [0.25, 0.3) is 10.1 Å². The monoisotopic (exact) mass is 766 g/mol. The standard InChI is InChI=1S/C17H28O2.C16H26O3.C9H16O5S/c1-5-16(2,3)15(18)19-17(4)13-7-11-6-12(9-13)10-14(17)8-11;1-4-15(2,3)14(17)19-13-12-6-10-5-11(7-12)9-16(13,18)8-10;1-4-9(2,3)8(10)14-7-5-13-15(11,12)6-7/h11-14H,5-10H2,1-4H3;10-13,18H,4-9H2,1-3H3;7H,4-6H2,1-3H3. The first-order valence-corrected chi connectivity index (χ1v) is 22.3. The molecule has 0 aromatic carbocycles. The van der Waals surface area contributed by atoms with Gasteiger partial charge in [-0.3, -0.25) is 18.6 Å². The number of hydrogen-bond donors (Lipinski definition) is 1. The van der Waals surface area contributed by atoms with Crippen LogP contribution in [0.1, 0.15) is 153 Å². The van der Waals surface area contributed by atoms with Crippen molar-refractivity contribution in [3.8, 4) is 0 Å². The Balaban J connectivity index is 0.000000155. The van der Waals surface area contributed by atoms with E-state index in [1.807, 2.05) is 41.5 Å². The number of esters is 3. The van der Waals surface area contributed by atoms with Crippen molar-refractivity contribution < 1.29 is 46.3 Å². The van der Waals surface area contributed by atoms with Crippen LogP contribution in [0.5, 0.6) is 0 Å². The summed E-state index contributed by atoms with van der Waals surface area (Å²) in [7, 11) is -3.47. The van der Waals surface area contributed by atoms with Crippen LogP contribution in [-0.2, 0) is 42.9 Å². The van der Waals surface area contributed by atoms with Crippen LogP contribution >= 0.6 is 0 Å². The number of rotatable bonds is 9. The number of aliphatic hydroxyl groups is 1. The lowest BCUT2D eigenvalue weighted by Crippen LogP contribution is -2.62. The summed E-state index contributed by atoms with van der Waals surface area (Å²) >= 11 is 0. The van der Waals surface area contributed by atoms with Gasteiger partial charge in [-0.05, 0) is 173 Å². The van der Waals surface area contributed by atoms with E-state index in [9.17, 15) is 27.9 Å². The van der Waals surface area contributed by atoms with Gasteiger partial charge >= 0.3 is 17.9 Å². The number of carbonyl (C=O) groups is 3. The van der Waals surface area contributed by atoms with Gasteiger partial charge < -0.3 is 19.3 Å². The molecule has 1 heterocycles. The summed E-state index contributed by atoms with van der Waals surface area (Å²) in [6.45, 7) is 19.5. The van der Waals surface area contributed by atoms with E-state index in [0.717, 1.165) is 50.4 Å². The maximum Gasteiger partial charge on any atom is 0.312 e. The third kappa shape index (κ3) is 9.13. The Kier molecular flexibility index (Phi) is 12.3. The largest absolute Gasteiger partial charge is 0.459 e. The van der Waals surface area contributed by atoms with Crippen molar-refractivity contribution >= 4 is 28.0 Å². The lowest BCUT2D eigenvalue weighted by molar-refractivity contribution is -0.227. The highest BCUT2D eigenvalue weighted by molar-refractivity contribution is 7.87. The van der Waals surface area contributed by atoms with Crippen LogP contribution in [0.3, 0.4) is 0 Å². The van der Waals surface area contributed by atoms with Gasteiger partial charge in [-0.25, -0.2) is 0 Å². The first-order valence-electron chi connectivity index (χ1n) is 20.7. The van der Waals surface area contributed by atoms with Gasteiger partial charge in [0.1, 0.15) is 35.8 Å². The molecule has 1 aliphatic heterocycles. The molecule has 304 valence electrons. The average Bonchev–Trinajstić information content (AvgIpc) is 3.42. The van der Waals surface area contributed by atoms with E-state index in [1.165, 1.54) is 38.5 Å². The molecular weight excluding hydrogens is 697 g/mol. The molecule has 11 heteroatoms. The highest BCUT2D eigenvalue weighted by Gasteiger charge is 2.59. The highest BCUT2D eigenvalue weighted by atomic mass is 32.2. The van der Waals surface area contributed by atoms with Crippen LogP contribution in [0, 0.1) is 57.7 Å². The van der Waals surface area contributed by atoms with Crippen molar-refractivity contribution in [2.45, 2.75) is 176 Å². The molecular formula is C42H70O10S. The van der Waals surface area contributed by atoms with Gasteiger partial charge in [0.05, 0.1) is 16.2 Å². The molecule has 10 nitrogen and oxygen atoms in total. The minimum Gasteiger partial charge on any atom is -0.459 e. The number of ether oxygens (including phenoxy) is 3. The molecule has 4 atom stereocenters. The van der Waals surface area contributed by atoms with Gasteiger partial charge in [0.15, 0.2) is 0 Å². The van der Waals surface area contributed by atoms with E-state index in [4.69, 9.17) is 14.2 Å². The summed E-state index contributed by atoms with van der Waals surface area (Å²) in [4.78, 5) is 36.4. The Bertz CT molecular complexity index is 1420. The van der Waals surface area contributed by atoms with E-state index in [2.05, 4.69) is 18.0 Å². The zero-order valence-electron chi connectivity index (χ0n) is 34.3. The SMILES string of the molecule is CCC(C)(C)C(=O)OC1(C)C2CC3CC(C2)CC1C3.CCC(C)(C)C(=O)OC1C2CC3CC(C2)CC1(O)C3.CCC(C)(C)C(=O)OC1COS(=O)(=O)C1. The molecule has 9 rings (SSSR count). The zero-order valence-corrected chi connectivity index (χ0v) is 35.1. The Labute approximate surface area is 319 Å².